The standard InChI is InChI=1S/C15H19N5O2S/c1-9(2)20-8-17-19-15(20)23-10(3)14(22)18-12-6-4-11(5-7-12)13(16)21/h4-10H,1-3H3,(H2,16,21)(H,18,22)/t10-/m0/s1. The van der Waals surface area contributed by atoms with Crippen LogP contribution in [-0.2, 0) is 4.79 Å². The maximum atomic E-state index is 12.3. The van der Waals surface area contributed by atoms with Gasteiger partial charge in [-0.3, -0.25) is 9.59 Å². The van der Waals surface area contributed by atoms with Gasteiger partial charge in [-0.2, -0.15) is 0 Å². The number of hydrogen-bond acceptors (Lipinski definition) is 5. The number of rotatable bonds is 6. The fraction of sp³-hybridized carbons (Fsp3) is 0.333. The second-order valence-corrected chi connectivity index (χ2v) is 6.61. The van der Waals surface area contributed by atoms with E-state index in [0.29, 0.717) is 16.4 Å². The van der Waals surface area contributed by atoms with Crippen LogP contribution in [0.1, 0.15) is 37.2 Å². The quantitative estimate of drug-likeness (QED) is 0.788. The summed E-state index contributed by atoms with van der Waals surface area (Å²) in [7, 11) is 0. The first-order valence-electron chi connectivity index (χ1n) is 7.15. The highest BCUT2D eigenvalue weighted by Crippen LogP contribution is 2.24. The van der Waals surface area contributed by atoms with Gasteiger partial charge in [0.1, 0.15) is 6.33 Å². The van der Waals surface area contributed by atoms with Crippen molar-refractivity contribution < 1.29 is 9.59 Å². The fourth-order valence-electron chi connectivity index (χ4n) is 1.84. The topological polar surface area (TPSA) is 103 Å². The molecule has 1 aromatic heterocycles. The van der Waals surface area contributed by atoms with Gasteiger partial charge in [0.2, 0.25) is 11.8 Å². The van der Waals surface area contributed by atoms with Crippen LogP contribution in [0.15, 0.2) is 35.7 Å². The van der Waals surface area contributed by atoms with Gasteiger partial charge >= 0.3 is 0 Å². The molecule has 0 fully saturated rings. The van der Waals surface area contributed by atoms with E-state index < -0.39 is 5.91 Å². The van der Waals surface area contributed by atoms with Gasteiger partial charge in [0.05, 0.1) is 5.25 Å². The molecule has 0 spiro atoms. The number of nitrogens with zero attached hydrogens (tertiary/aromatic N) is 3. The third-order valence-electron chi connectivity index (χ3n) is 3.18. The Bertz CT molecular complexity index is 696. The summed E-state index contributed by atoms with van der Waals surface area (Å²) >= 11 is 1.34. The molecule has 2 rings (SSSR count). The number of carbonyl (C=O) groups excluding carboxylic acids is 2. The number of benzene rings is 1. The molecule has 1 heterocycles. The SMILES string of the molecule is CC(C)n1cnnc1S[C@@H](C)C(=O)Nc1ccc(C(N)=O)cc1. The van der Waals surface area contributed by atoms with Crippen LogP contribution >= 0.6 is 11.8 Å². The third kappa shape index (κ3) is 4.32. The summed E-state index contributed by atoms with van der Waals surface area (Å²) in [6, 6.07) is 6.66. The summed E-state index contributed by atoms with van der Waals surface area (Å²) in [5, 5.41) is 11.1. The molecule has 3 N–H and O–H groups in total. The number of aromatic nitrogens is 3. The van der Waals surface area contributed by atoms with Gasteiger partial charge in [0, 0.05) is 17.3 Å². The molecule has 23 heavy (non-hydrogen) atoms. The van der Waals surface area contributed by atoms with Crippen LogP contribution in [0.4, 0.5) is 5.69 Å². The summed E-state index contributed by atoms with van der Waals surface area (Å²) in [6.07, 6.45) is 1.65. The molecular formula is C15H19N5O2S. The number of nitrogens with two attached hydrogens (primary N) is 1. The Morgan fingerprint density at radius 3 is 2.43 bits per heavy atom. The summed E-state index contributed by atoms with van der Waals surface area (Å²) in [6.45, 7) is 5.86. The van der Waals surface area contributed by atoms with Crippen molar-refractivity contribution in [2.45, 2.75) is 37.2 Å². The predicted molar refractivity (Wildman–Crippen MR) is 89.3 cm³/mol. The third-order valence-corrected chi connectivity index (χ3v) is 4.26. The van der Waals surface area contributed by atoms with E-state index in [4.69, 9.17) is 5.73 Å². The van der Waals surface area contributed by atoms with Crippen molar-refractivity contribution >= 4 is 29.3 Å². The van der Waals surface area contributed by atoms with Crippen LogP contribution in [0, 0.1) is 0 Å². The molecule has 2 aromatic rings. The smallest absolute Gasteiger partial charge is 0.248 e. The molecule has 1 atom stereocenters. The zero-order valence-corrected chi connectivity index (χ0v) is 14.0. The van der Waals surface area contributed by atoms with Crippen molar-refractivity contribution in [2.75, 3.05) is 5.32 Å². The number of carbonyl (C=O) groups is 2. The van der Waals surface area contributed by atoms with E-state index in [0.717, 1.165) is 0 Å². The second-order valence-electron chi connectivity index (χ2n) is 5.31. The highest BCUT2D eigenvalue weighted by atomic mass is 32.2. The van der Waals surface area contributed by atoms with E-state index in [1.54, 1.807) is 37.5 Å². The molecule has 0 saturated carbocycles. The highest BCUT2D eigenvalue weighted by Gasteiger charge is 2.18. The van der Waals surface area contributed by atoms with Gasteiger partial charge in [0.25, 0.3) is 0 Å². The Kier molecular flexibility index (Phi) is 5.38. The molecule has 8 heteroatoms. The Morgan fingerprint density at radius 2 is 1.87 bits per heavy atom. The van der Waals surface area contributed by atoms with Crippen LogP contribution in [-0.4, -0.2) is 31.8 Å². The monoisotopic (exact) mass is 333 g/mol. The lowest BCUT2D eigenvalue weighted by molar-refractivity contribution is -0.115. The molecule has 0 saturated heterocycles. The first kappa shape index (κ1) is 17.0. The summed E-state index contributed by atoms with van der Waals surface area (Å²) in [5.74, 6) is -0.653. The molecule has 2 amide bonds. The van der Waals surface area contributed by atoms with Crippen molar-refractivity contribution in [1.82, 2.24) is 14.8 Å². The van der Waals surface area contributed by atoms with Gasteiger partial charge in [0.15, 0.2) is 5.16 Å². The van der Waals surface area contributed by atoms with Crippen molar-refractivity contribution in [1.29, 1.82) is 0 Å². The number of hydrogen-bond donors (Lipinski definition) is 2. The van der Waals surface area contributed by atoms with Crippen LogP contribution in [0.25, 0.3) is 0 Å². The Labute approximate surface area is 138 Å². The van der Waals surface area contributed by atoms with Crippen molar-refractivity contribution in [3.05, 3.63) is 36.2 Å². The van der Waals surface area contributed by atoms with Crippen LogP contribution in [0.3, 0.4) is 0 Å². The Balaban J connectivity index is 1.99. The number of primary amides is 1. The minimum Gasteiger partial charge on any atom is -0.366 e. The van der Waals surface area contributed by atoms with E-state index in [2.05, 4.69) is 15.5 Å². The lowest BCUT2D eigenvalue weighted by atomic mass is 10.2. The maximum Gasteiger partial charge on any atom is 0.248 e. The summed E-state index contributed by atoms with van der Waals surface area (Å²) < 4.78 is 1.91. The number of nitrogens with one attached hydrogen (secondary N) is 1. The van der Waals surface area contributed by atoms with Crippen molar-refractivity contribution in [2.24, 2.45) is 5.73 Å². The summed E-state index contributed by atoms with van der Waals surface area (Å²) in [5.41, 5.74) is 6.19. The second kappa shape index (κ2) is 7.28. The normalized spacial score (nSPS) is 12.2. The Morgan fingerprint density at radius 1 is 1.22 bits per heavy atom. The van der Waals surface area contributed by atoms with Crippen molar-refractivity contribution in [3.63, 3.8) is 0 Å². The van der Waals surface area contributed by atoms with E-state index in [9.17, 15) is 9.59 Å². The van der Waals surface area contributed by atoms with Crippen LogP contribution < -0.4 is 11.1 Å². The zero-order chi connectivity index (χ0) is 17.0. The first-order chi connectivity index (χ1) is 10.9. The predicted octanol–water partition coefficient (Wildman–Crippen LogP) is 2.08. The van der Waals surface area contributed by atoms with Crippen LogP contribution in [0.5, 0.6) is 0 Å². The Hall–Kier alpha value is -2.35. The van der Waals surface area contributed by atoms with Gasteiger partial charge in [-0.25, -0.2) is 0 Å². The van der Waals surface area contributed by atoms with E-state index in [-0.39, 0.29) is 17.2 Å². The summed E-state index contributed by atoms with van der Waals surface area (Å²) in [4.78, 5) is 23.3. The number of amides is 2. The molecule has 0 bridgehead atoms. The average molecular weight is 333 g/mol. The molecule has 0 aliphatic heterocycles. The molecule has 0 radical (unpaired) electrons. The fourth-order valence-corrected chi connectivity index (χ4v) is 2.80. The number of thioether (sulfide) groups is 1. The molecule has 1 aromatic carbocycles. The van der Waals surface area contributed by atoms with Gasteiger partial charge in [-0.15, -0.1) is 10.2 Å². The number of anilines is 1. The largest absolute Gasteiger partial charge is 0.366 e. The van der Waals surface area contributed by atoms with Gasteiger partial charge in [-0.05, 0) is 45.0 Å². The minimum atomic E-state index is -0.500. The lowest BCUT2D eigenvalue weighted by Gasteiger charge is -2.14. The van der Waals surface area contributed by atoms with Gasteiger partial charge in [-0.1, -0.05) is 11.8 Å². The van der Waals surface area contributed by atoms with Crippen molar-refractivity contribution in [3.8, 4) is 0 Å². The molecular weight excluding hydrogens is 314 g/mol. The van der Waals surface area contributed by atoms with E-state index >= 15 is 0 Å². The molecule has 0 unspecified atom stereocenters. The zero-order valence-electron chi connectivity index (χ0n) is 13.2. The first-order valence-corrected chi connectivity index (χ1v) is 8.03. The van der Waals surface area contributed by atoms with E-state index in [1.807, 2.05) is 18.4 Å². The maximum absolute atomic E-state index is 12.3. The van der Waals surface area contributed by atoms with E-state index in [1.165, 1.54) is 11.8 Å². The minimum absolute atomic E-state index is 0.153. The molecule has 7 nitrogen and oxygen atoms in total. The molecule has 0 aliphatic carbocycles. The van der Waals surface area contributed by atoms with Gasteiger partial charge < -0.3 is 15.6 Å². The molecule has 0 aliphatic rings. The van der Waals surface area contributed by atoms with Crippen LogP contribution in [0.2, 0.25) is 0 Å². The lowest BCUT2D eigenvalue weighted by Crippen LogP contribution is -2.23. The molecule has 122 valence electrons. The average Bonchev–Trinajstić information content (AvgIpc) is 2.96. The highest BCUT2D eigenvalue weighted by molar-refractivity contribution is 8.00.